The Bertz CT molecular complexity index is 1080. The van der Waals surface area contributed by atoms with E-state index in [1.807, 2.05) is 49.4 Å². The zero-order chi connectivity index (χ0) is 21.5. The highest BCUT2D eigenvalue weighted by molar-refractivity contribution is 9.10. The second-order valence-corrected chi connectivity index (χ2v) is 7.50. The van der Waals surface area contributed by atoms with Crippen LogP contribution in [0.2, 0.25) is 0 Å². The lowest BCUT2D eigenvalue weighted by molar-refractivity contribution is -0.117. The van der Waals surface area contributed by atoms with Crippen molar-refractivity contribution in [2.24, 2.45) is 0 Å². The number of carbonyl (C=O) groups excluding carboxylic acids is 2. The molecule has 0 atom stereocenters. The fourth-order valence-corrected chi connectivity index (χ4v) is 2.92. The van der Waals surface area contributed by atoms with Gasteiger partial charge in [0.1, 0.15) is 17.2 Å². The van der Waals surface area contributed by atoms with Crippen LogP contribution in [0.1, 0.15) is 21.7 Å². The Morgan fingerprint density at radius 2 is 1.73 bits per heavy atom. The minimum Gasteiger partial charge on any atom is -0.457 e. The van der Waals surface area contributed by atoms with Gasteiger partial charge in [-0.15, -0.1) is 6.58 Å². The van der Waals surface area contributed by atoms with Crippen LogP contribution >= 0.6 is 15.9 Å². The van der Waals surface area contributed by atoms with Gasteiger partial charge in [-0.3, -0.25) is 9.59 Å². The Kier molecular flexibility index (Phi) is 7.03. The van der Waals surface area contributed by atoms with Crippen molar-refractivity contribution in [1.82, 2.24) is 10.6 Å². The monoisotopic (exact) mass is 464 g/mol. The molecule has 0 saturated heterocycles. The third-order valence-corrected chi connectivity index (χ3v) is 4.78. The molecule has 0 spiro atoms. The van der Waals surface area contributed by atoms with Gasteiger partial charge in [-0.2, -0.15) is 0 Å². The molecule has 30 heavy (non-hydrogen) atoms. The number of hydrogen-bond acceptors (Lipinski definition) is 3. The standard InChI is InChI=1S/C24H21BrN2O3/c1-3-14-26-24(29)21(27-23(28)18-6-4-16(2)5-7-18)15-20-12-13-22(30-20)17-8-10-19(25)11-9-17/h3-13,15H,1,14H2,2H3,(H,26,29)(H,27,28)/b21-15+. The zero-order valence-corrected chi connectivity index (χ0v) is 18.0. The van der Waals surface area contributed by atoms with E-state index in [1.54, 1.807) is 24.3 Å². The van der Waals surface area contributed by atoms with Gasteiger partial charge in [0.05, 0.1) is 0 Å². The summed E-state index contributed by atoms with van der Waals surface area (Å²) in [7, 11) is 0. The molecule has 0 unspecified atom stereocenters. The molecule has 2 aromatic carbocycles. The molecule has 0 aliphatic rings. The Morgan fingerprint density at radius 3 is 2.40 bits per heavy atom. The number of amides is 2. The normalized spacial score (nSPS) is 11.1. The highest BCUT2D eigenvalue weighted by Gasteiger charge is 2.15. The van der Waals surface area contributed by atoms with E-state index >= 15 is 0 Å². The number of halogens is 1. The molecule has 2 amide bonds. The molecular formula is C24H21BrN2O3. The number of rotatable bonds is 7. The Morgan fingerprint density at radius 1 is 1.03 bits per heavy atom. The van der Waals surface area contributed by atoms with Crippen molar-refractivity contribution < 1.29 is 14.0 Å². The molecule has 3 rings (SSSR count). The highest BCUT2D eigenvalue weighted by atomic mass is 79.9. The smallest absolute Gasteiger partial charge is 0.268 e. The van der Waals surface area contributed by atoms with Crippen molar-refractivity contribution in [2.75, 3.05) is 6.54 Å². The summed E-state index contributed by atoms with van der Waals surface area (Å²) in [5, 5.41) is 5.35. The molecule has 0 fully saturated rings. The van der Waals surface area contributed by atoms with E-state index in [0.717, 1.165) is 15.6 Å². The summed E-state index contributed by atoms with van der Waals surface area (Å²) >= 11 is 3.41. The van der Waals surface area contributed by atoms with E-state index in [1.165, 1.54) is 6.08 Å². The van der Waals surface area contributed by atoms with Crippen LogP contribution in [0.4, 0.5) is 0 Å². The number of benzene rings is 2. The number of aryl methyl sites for hydroxylation is 1. The van der Waals surface area contributed by atoms with Crippen LogP contribution in [-0.2, 0) is 4.79 Å². The van der Waals surface area contributed by atoms with Gasteiger partial charge >= 0.3 is 0 Å². The molecular weight excluding hydrogens is 444 g/mol. The average Bonchev–Trinajstić information content (AvgIpc) is 3.21. The number of hydrogen-bond donors (Lipinski definition) is 2. The summed E-state index contributed by atoms with van der Waals surface area (Å²) in [6.07, 6.45) is 3.07. The maximum Gasteiger partial charge on any atom is 0.268 e. The van der Waals surface area contributed by atoms with Crippen molar-refractivity contribution >= 4 is 33.8 Å². The van der Waals surface area contributed by atoms with E-state index < -0.39 is 5.91 Å². The molecule has 1 aromatic heterocycles. The summed E-state index contributed by atoms with van der Waals surface area (Å²) in [4.78, 5) is 25.2. The molecule has 0 radical (unpaired) electrons. The quantitative estimate of drug-likeness (QED) is 0.377. The minimum absolute atomic E-state index is 0.0825. The second-order valence-electron chi connectivity index (χ2n) is 6.59. The summed E-state index contributed by atoms with van der Waals surface area (Å²) in [6.45, 7) is 5.81. The van der Waals surface area contributed by atoms with Gasteiger partial charge in [0.15, 0.2) is 0 Å². The van der Waals surface area contributed by atoms with Crippen LogP contribution in [0, 0.1) is 6.92 Å². The van der Waals surface area contributed by atoms with Crippen LogP contribution in [0.5, 0.6) is 0 Å². The second kappa shape index (κ2) is 9.89. The van der Waals surface area contributed by atoms with Gasteiger partial charge in [0.2, 0.25) is 0 Å². The van der Waals surface area contributed by atoms with E-state index in [2.05, 4.69) is 33.1 Å². The maximum atomic E-state index is 12.6. The molecule has 152 valence electrons. The highest BCUT2D eigenvalue weighted by Crippen LogP contribution is 2.25. The molecule has 3 aromatic rings. The first-order chi connectivity index (χ1) is 14.5. The van der Waals surface area contributed by atoms with Crippen molar-refractivity contribution in [2.45, 2.75) is 6.92 Å². The lowest BCUT2D eigenvalue weighted by Crippen LogP contribution is -2.34. The van der Waals surface area contributed by atoms with E-state index in [9.17, 15) is 9.59 Å². The van der Waals surface area contributed by atoms with Crippen LogP contribution in [0.25, 0.3) is 17.4 Å². The number of nitrogens with one attached hydrogen (secondary N) is 2. The molecule has 5 nitrogen and oxygen atoms in total. The van der Waals surface area contributed by atoms with Gasteiger partial charge < -0.3 is 15.1 Å². The largest absolute Gasteiger partial charge is 0.457 e. The van der Waals surface area contributed by atoms with Crippen LogP contribution < -0.4 is 10.6 Å². The summed E-state index contributed by atoms with van der Waals surface area (Å²) in [5.74, 6) is 0.289. The topological polar surface area (TPSA) is 71.3 Å². The molecule has 2 N–H and O–H groups in total. The predicted molar refractivity (Wildman–Crippen MR) is 122 cm³/mol. The van der Waals surface area contributed by atoms with E-state index in [-0.39, 0.29) is 18.1 Å². The first-order valence-corrected chi connectivity index (χ1v) is 10.1. The summed E-state index contributed by atoms with van der Waals surface area (Å²) in [5.41, 5.74) is 2.48. The van der Waals surface area contributed by atoms with Crippen LogP contribution in [0.3, 0.4) is 0 Å². The SMILES string of the molecule is C=CCNC(=O)/C(=C\c1ccc(-c2ccc(Br)cc2)o1)NC(=O)c1ccc(C)cc1. The molecule has 0 saturated carbocycles. The number of carbonyl (C=O) groups is 2. The molecule has 1 heterocycles. The fourth-order valence-electron chi connectivity index (χ4n) is 2.66. The number of furan rings is 1. The van der Waals surface area contributed by atoms with Crippen molar-refractivity contribution in [1.29, 1.82) is 0 Å². The third-order valence-electron chi connectivity index (χ3n) is 4.26. The molecule has 0 bridgehead atoms. The predicted octanol–water partition coefficient (Wildman–Crippen LogP) is 5.09. The fraction of sp³-hybridized carbons (Fsp3) is 0.0833. The van der Waals surface area contributed by atoms with Gasteiger partial charge in [0, 0.05) is 28.2 Å². The third kappa shape index (κ3) is 5.58. The molecule has 0 aliphatic carbocycles. The zero-order valence-electron chi connectivity index (χ0n) is 16.4. The van der Waals surface area contributed by atoms with Crippen molar-refractivity contribution in [3.05, 3.63) is 100 Å². The van der Waals surface area contributed by atoms with Gasteiger partial charge in [-0.05, 0) is 43.3 Å². The Hall–Kier alpha value is -3.38. The van der Waals surface area contributed by atoms with E-state index in [4.69, 9.17) is 4.42 Å². The Balaban J connectivity index is 1.86. The average molecular weight is 465 g/mol. The van der Waals surface area contributed by atoms with Gasteiger partial charge in [0.25, 0.3) is 11.8 Å². The van der Waals surface area contributed by atoms with E-state index in [0.29, 0.717) is 17.1 Å². The van der Waals surface area contributed by atoms with Crippen molar-refractivity contribution in [3.8, 4) is 11.3 Å². The molecule has 6 heteroatoms. The summed E-state index contributed by atoms with van der Waals surface area (Å²) < 4.78 is 6.82. The molecule has 0 aliphatic heterocycles. The Labute approximate surface area is 183 Å². The summed E-state index contributed by atoms with van der Waals surface area (Å²) in [6, 6.07) is 18.4. The van der Waals surface area contributed by atoms with Gasteiger partial charge in [-0.1, -0.05) is 51.8 Å². The first kappa shape index (κ1) is 21.3. The van der Waals surface area contributed by atoms with Crippen LogP contribution in [0.15, 0.2) is 87.9 Å². The van der Waals surface area contributed by atoms with Crippen LogP contribution in [-0.4, -0.2) is 18.4 Å². The minimum atomic E-state index is -0.433. The lowest BCUT2D eigenvalue weighted by Gasteiger charge is -2.10. The first-order valence-electron chi connectivity index (χ1n) is 9.31. The lowest BCUT2D eigenvalue weighted by atomic mass is 10.1. The van der Waals surface area contributed by atoms with Crippen molar-refractivity contribution in [3.63, 3.8) is 0 Å². The maximum absolute atomic E-state index is 12.6. The van der Waals surface area contributed by atoms with Gasteiger partial charge in [-0.25, -0.2) is 0 Å².